The molecule has 0 aliphatic carbocycles. The largest absolute Gasteiger partial charge is 0.494 e. The first-order valence-corrected chi connectivity index (χ1v) is 12.9. The molecule has 37 heavy (non-hydrogen) atoms. The summed E-state index contributed by atoms with van der Waals surface area (Å²) in [7, 11) is 1.73. The van der Waals surface area contributed by atoms with Crippen molar-refractivity contribution >= 4 is 27.9 Å². The van der Waals surface area contributed by atoms with Crippen molar-refractivity contribution in [2.75, 3.05) is 33.2 Å². The Bertz CT molecular complexity index is 1370. The van der Waals surface area contributed by atoms with Crippen LogP contribution in [0.2, 0.25) is 0 Å². The molecule has 0 atom stereocenters. The first-order chi connectivity index (χ1) is 17.4. The minimum atomic E-state index is -4.09. The number of anilines is 1. The van der Waals surface area contributed by atoms with Gasteiger partial charge in [0, 0.05) is 5.56 Å². The van der Waals surface area contributed by atoms with Crippen molar-refractivity contribution in [2.45, 2.75) is 31.1 Å². The maximum absolute atomic E-state index is 15.3. The maximum Gasteiger partial charge on any atom is 0.262 e. The monoisotopic (exact) mass is 529 g/mol. The molecule has 198 valence electrons. The molecule has 0 spiro atoms. The summed E-state index contributed by atoms with van der Waals surface area (Å²) in [5, 5.41) is 0. The van der Waals surface area contributed by atoms with E-state index in [0.29, 0.717) is 28.4 Å². The fourth-order valence-electron chi connectivity index (χ4n) is 3.68. The SMILES string of the molecule is COc1ccc(/C=C\c2cc(OC)c(OC)c(OC)c2)c(NS(=O)(=O)c2ccc(C(C)(C)C)cc2)c1F. The van der Waals surface area contributed by atoms with E-state index in [2.05, 4.69) is 4.72 Å². The number of rotatable bonds is 9. The Morgan fingerprint density at radius 3 is 1.84 bits per heavy atom. The first kappa shape index (κ1) is 27.9. The Morgan fingerprint density at radius 1 is 0.784 bits per heavy atom. The van der Waals surface area contributed by atoms with E-state index in [1.807, 2.05) is 20.8 Å². The van der Waals surface area contributed by atoms with Gasteiger partial charge in [0.15, 0.2) is 23.1 Å². The van der Waals surface area contributed by atoms with Crippen molar-refractivity contribution in [1.29, 1.82) is 0 Å². The van der Waals surface area contributed by atoms with Gasteiger partial charge in [-0.15, -0.1) is 0 Å². The zero-order valence-corrected chi connectivity index (χ0v) is 22.8. The second-order valence-corrected chi connectivity index (χ2v) is 10.9. The zero-order chi connectivity index (χ0) is 27.4. The van der Waals surface area contributed by atoms with E-state index in [1.54, 1.807) is 42.5 Å². The molecule has 0 bridgehead atoms. The molecule has 3 aromatic carbocycles. The van der Waals surface area contributed by atoms with Crippen LogP contribution in [0.4, 0.5) is 10.1 Å². The summed E-state index contributed by atoms with van der Waals surface area (Å²) >= 11 is 0. The van der Waals surface area contributed by atoms with E-state index in [-0.39, 0.29) is 21.7 Å². The Labute approximate surface area is 217 Å². The summed E-state index contributed by atoms with van der Waals surface area (Å²) < 4.78 is 65.3. The predicted octanol–water partition coefficient (Wildman–Crippen LogP) is 6.13. The van der Waals surface area contributed by atoms with Gasteiger partial charge in [-0.3, -0.25) is 4.72 Å². The lowest BCUT2D eigenvalue weighted by atomic mass is 9.87. The standard InChI is InChI=1S/C28H32FNO6S/c1-28(2,3)20-11-13-21(14-12-20)37(31,32)30-26-19(10-15-22(33-4)25(26)29)9-8-18-16-23(34-5)27(36-7)24(17-18)35-6/h8-17,30H,1-7H3/b9-8-. The molecule has 1 N–H and O–H groups in total. The van der Waals surface area contributed by atoms with E-state index < -0.39 is 15.8 Å². The number of nitrogens with one attached hydrogen (secondary N) is 1. The molecule has 0 heterocycles. The van der Waals surface area contributed by atoms with Crippen LogP contribution in [0.25, 0.3) is 12.2 Å². The maximum atomic E-state index is 15.3. The average molecular weight is 530 g/mol. The molecular formula is C28H32FNO6S. The van der Waals surface area contributed by atoms with Crippen molar-refractivity contribution < 1.29 is 31.8 Å². The minimum Gasteiger partial charge on any atom is -0.494 e. The second kappa shape index (κ2) is 11.1. The molecule has 0 amide bonds. The van der Waals surface area contributed by atoms with Crippen LogP contribution < -0.4 is 23.7 Å². The number of methoxy groups -OCH3 is 4. The molecule has 0 aliphatic rings. The van der Waals surface area contributed by atoms with E-state index >= 15 is 4.39 Å². The third-order valence-electron chi connectivity index (χ3n) is 5.77. The van der Waals surface area contributed by atoms with Gasteiger partial charge < -0.3 is 18.9 Å². The number of ether oxygens (including phenoxy) is 4. The fraction of sp³-hybridized carbons (Fsp3) is 0.286. The van der Waals surface area contributed by atoms with Crippen LogP contribution in [0.1, 0.15) is 37.5 Å². The van der Waals surface area contributed by atoms with Gasteiger partial charge in [-0.1, -0.05) is 45.1 Å². The smallest absolute Gasteiger partial charge is 0.262 e. The van der Waals surface area contributed by atoms with E-state index in [4.69, 9.17) is 18.9 Å². The van der Waals surface area contributed by atoms with Crippen LogP contribution in [-0.4, -0.2) is 36.9 Å². The van der Waals surface area contributed by atoms with Crippen molar-refractivity contribution in [3.05, 3.63) is 71.0 Å². The number of hydrogen-bond donors (Lipinski definition) is 1. The second-order valence-electron chi connectivity index (χ2n) is 9.22. The summed E-state index contributed by atoms with van der Waals surface area (Å²) in [6.07, 6.45) is 3.27. The molecule has 0 fully saturated rings. The molecule has 3 aromatic rings. The topological polar surface area (TPSA) is 83.1 Å². The molecule has 0 aliphatic heterocycles. The summed E-state index contributed by atoms with van der Waals surface area (Å²) in [6.45, 7) is 6.10. The Kier molecular flexibility index (Phi) is 8.38. The summed E-state index contributed by atoms with van der Waals surface area (Å²) in [4.78, 5) is 0.0160. The molecule has 0 saturated heterocycles. The van der Waals surface area contributed by atoms with Crippen LogP contribution in [0.5, 0.6) is 23.0 Å². The number of benzene rings is 3. The molecular weight excluding hydrogens is 497 g/mol. The van der Waals surface area contributed by atoms with Crippen LogP contribution in [0.15, 0.2) is 53.4 Å². The Morgan fingerprint density at radius 2 is 1.35 bits per heavy atom. The van der Waals surface area contributed by atoms with Crippen molar-refractivity contribution in [3.8, 4) is 23.0 Å². The van der Waals surface area contributed by atoms with Crippen molar-refractivity contribution in [2.24, 2.45) is 0 Å². The molecule has 0 radical (unpaired) electrons. The highest BCUT2D eigenvalue weighted by molar-refractivity contribution is 7.92. The average Bonchev–Trinajstić information content (AvgIpc) is 2.87. The highest BCUT2D eigenvalue weighted by Crippen LogP contribution is 2.39. The van der Waals surface area contributed by atoms with Crippen LogP contribution in [-0.2, 0) is 15.4 Å². The molecule has 0 saturated carbocycles. The number of hydrogen-bond acceptors (Lipinski definition) is 6. The van der Waals surface area contributed by atoms with Gasteiger partial charge in [0.05, 0.1) is 39.0 Å². The Balaban J connectivity index is 2.03. The Hall–Kier alpha value is -3.72. The molecule has 0 unspecified atom stereocenters. The lowest BCUT2D eigenvalue weighted by molar-refractivity contribution is 0.324. The number of halogens is 1. The fourth-order valence-corrected chi connectivity index (χ4v) is 4.77. The van der Waals surface area contributed by atoms with E-state index in [0.717, 1.165) is 5.56 Å². The molecule has 3 rings (SSSR count). The molecule has 0 aromatic heterocycles. The lowest BCUT2D eigenvalue weighted by Gasteiger charge is -2.19. The van der Waals surface area contributed by atoms with Crippen LogP contribution in [0, 0.1) is 5.82 Å². The zero-order valence-electron chi connectivity index (χ0n) is 22.0. The molecule has 7 nitrogen and oxygen atoms in total. The van der Waals surface area contributed by atoms with Gasteiger partial charge in [-0.05, 0) is 52.9 Å². The van der Waals surface area contributed by atoms with Crippen LogP contribution in [0.3, 0.4) is 0 Å². The van der Waals surface area contributed by atoms with Gasteiger partial charge in [0.1, 0.15) is 0 Å². The predicted molar refractivity (Wildman–Crippen MR) is 144 cm³/mol. The molecule has 9 heteroatoms. The van der Waals surface area contributed by atoms with Crippen LogP contribution >= 0.6 is 0 Å². The summed E-state index contributed by atoms with van der Waals surface area (Å²) in [5.41, 5.74) is 1.56. The van der Waals surface area contributed by atoms with Gasteiger partial charge >= 0.3 is 0 Å². The quantitative estimate of drug-likeness (QED) is 0.336. The minimum absolute atomic E-state index is 0.0160. The highest BCUT2D eigenvalue weighted by Gasteiger charge is 2.22. The van der Waals surface area contributed by atoms with Crippen molar-refractivity contribution in [3.63, 3.8) is 0 Å². The lowest BCUT2D eigenvalue weighted by Crippen LogP contribution is -2.16. The third-order valence-corrected chi connectivity index (χ3v) is 7.13. The van der Waals surface area contributed by atoms with Gasteiger partial charge in [0.25, 0.3) is 10.0 Å². The van der Waals surface area contributed by atoms with Crippen molar-refractivity contribution in [1.82, 2.24) is 0 Å². The van der Waals surface area contributed by atoms with E-state index in [9.17, 15) is 8.42 Å². The highest BCUT2D eigenvalue weighted by atomic mass is 32.2. The number of sulfonamides is 1. The summed E-state index contributed by atoms with van der Waals surface area (Å²) in [5.74, 6) is 0.405. The third kappa shape index (κ3) is 6.17. The van der Waals surface area contributed by atoms with Gasteiger partial charge in [-0.25, -0.2) is 12.8 Å². The summed E-state index contributed by atoms with van der Waals surface area (Å²) in [6, 6.07) is 13.0. The van der Waals surface area contributed by atoms with E-state index in [1.165, 1.54) is 46.6 Å². The van der Waals surface area contributed by atoms with Gasteiger partial charge in [0.2, 0.25) is 5.75 Å². The van der Waals surface area contributed by atoms with Gasteiger partial charge in [-0.2, -0.15) is 0 Å². The first-order valence-electron chi connectivity index (χ1n) is 11.4. The normalized spacial score (nSPS) is 11.9.